The highest BCUT2D eigenvalue weighted by Gasteiger charge is 2.37. The highest BCUT2D eigenvalue weighted by Crippen LogP contribution is 2.35. The molecule has 0 saturated carbocycles. The Hall–Kier alpha value is -0.160. The molecule has 2 saturated heterocycles. The second kappa shape index (κ2) is 13.9. The van der Waals surface area contributed by atoms with Gasteiger partial charge in [-0.3, -0.25) is 0 Å². The van der Waals surface area contributed by atoms with Crippen LogP contribution in [-0.4, -0.2) is 39.0 Å². The monoisotopic (exact) mass is 390 g/mol. The van der Waals surface area contributed by atoms with E-state index in [0.717, 1.165) is 0 Å². The third-order valence-corrected chi connectivity index (χ3v) is 6.82. The highest BCUT2D eigenvalue weighted by molar-refractivity contribution is 4.81. The summed E-state index contributed by atoms with van der Waals surface area (Å²) in [5.74, 6) is 3.62. The van der Waals surface area contributed by atoms with Gasteiger partial charge in [-0.2, -0.15) is 0 Å². The van der Waals surface area contributed by atoms with Gasteiger partial charge in [0.15, 0.2) is 12.6 Å². The topological polar surface area (TPSA) is 36.9 Å². The molecule has 4 unspecified atom stereocenters. The first kappa shape index (κ1) is 29.0. The van der Waals surface area contributed by atoms with Gasteiger partial charge < -0.3 is 18.9 Å². The molecule has 4 nitrogen and oxygen atoms in total. The molecule has 27 heavy (non-hydrogen) atoms. The first-order valence-electron chi connectivity index (χ1n) is 10.5. The fourth-order valence-corrected chi connectivity index (χ4v) is 3.77. The molecule has 4 heteroatoms. The van der Waals surface area contributed by atoms with Crippen LogP contribution in [0.1, 0.15) is 76.7 Å². The lowest BCUT2D eigenvalue weighted by molar-refractivity contribution is -0.232. The maximum absolute atomic E-state index is 5.71. The number of hydrogen-bond acceptors (Lipinski definition) is 4. The summed E-state index contributed by atoms with van der Waals surface area (Å²) < 4.78 is 22.0. The second-order valence-electron chi connectivity index (χ2n) is 8.05. The molecule has 0 amide bonds. The molecule has 0 N–H and O–H groups in total. The minimum Gasteiger partial charge on any atom is -0.356 e. The molecule has 2 aliphatic heterocycles. The SMILES string of the molecule is C.CC.CO[C@@H]1OC(C)[C@H](C)[C@@H](C)C1C.CO[C@@H]1OC(C)[C@H](C)[C@@H](C)C1C. The first-order valence-corrected chi connectivity index (χ1v) is 10.5. The highest BCUT2D eigenvalue weighted by atomic mass is 16.7. The van der Waals surface area contributed by atoms with Crippen molar-refractivity contribution in [1.29, 1.82) is 0 Å². The fourth-order valence-electron chi connectivity index (χ4n) is 3.77. The number of rotatable bonds is 2. The van der Waals surface area contributed by atoms with Crippen LogP contribution in [0.2, 0.25) is 0 Å². The molecule has 0 aromatic heterocycles. The molecule has 0 bridgehead atoms. The van der Waals surface area contributed by atoms with E-state index < -0.39 is 0 Å². The molecule has 2 heterocycles. The quantitative estimate of drug-likeness (QED) is 0.559. The maximum atomic E-state index is 5.71. The van der Waals surface area contributed by atoms with Crippen LogP contribution in [0.5, 0.6) is 0 Å². The van der Waals surface area contributed by atoms with Gasteiger partial charge in [-0.25, -0.2) is 0 Å². The largest absolute Gasteiger partial charge is 0.356 e. The predicted octanol–water partition coefficient (Wildman–Crippen LogP) is 6.23. The van der Waals surface area contributed by atoms with Gasteiger partial charge in [0.2, 0.25) is 0 Å². The molecular weight excluding hydrogens is 340 g/mol. The van der Waals surface area contributed by atoms with Crippen molar-refractivity contribution in [2.45, 2.75) is 101 Å². The molecule has 2 aliphatic rings. The molecule has 0 aromatic rings. The van der Waals surface area contributed by atoms with Crippen LogP contribution >= 0.6 is 0 Å². The van der Waals surface area contributed by atoms with Gasteiger partial charge in [0.1, 0.15) is 0 Å². The van der Waals surface area contributed by atoms with Crippen molar-refractivity contribution < 1.29 is 18.9 Å². The van der Waals surface area contributed by atoms with Crippen LogP contribution in [-0.2, 0) is 18.9 Å². The van der Waals surface area contributed by atoms with E-state index in [2.05, 4.69) is 55.4 Å². The molecule has 2 rings (SSSR count). The van der Waals surface area contributed by atoms with Crippen LogP contribution in [0, 0.1) is 35.5 Å². The lowest BCUT2D eigenvalue weighted by Crippen LogP contribution is -2.44. The number of ether oxygens (including phenoxy) is 4. The van der Waals surface area contributed by atoms with E-state index in [1.54, 1.807) is 14.2 Å². The Morgan fingerprint density at radius 3 is 0.963 bits per heavy atom. The minimum absolute atomic E-state index is 0. The zero-order valence-corrected chi connectivity index (χ0v) is 19.4. The van der Waals surface area contributed by atoms with Crippen LogP contribution in [0.15, 0.2) is 0 Å². The van der Waals surface area contributed by atoms with Gasteiger partial charge in [-0.05, 0) is 37.5 Å². The van der Waals surface area contributed by atoms with Gasteiger partial charge >= 0.3 is 0 Å². The smallest absolute Gasteiger partial charge is 0.160 e. The van der Waals surface area contributed by atoms with Gasteiger partial charge in [0, 0.05) is 26.1 Å². The zero-order chi connectivity index (χ0) is 20.6. The van der Waals surface area contributed by atoms with E-state index in [1.807, 2.05) is 13.8 Å². The van der Waals surface area contributed by atoms with E-state index in [-0.39, 0.29) is 20.0 Å². The van der Waals surface area contributed by atoms with Crippen LogP contribution in [0.25, 0.3) is 0 Å². The Labute approximate surface area is 170 Å². The third kappa shape index (κ3) is 7.64. The summed E-state index contributed by atoms with van der Waals surface area (Å²) in [4.78, 5) is 0. The summed E-state index contributed by atoms with van der Waals surface area (Å²) in [6.07, 6.45) is 0.625. The van der Waals surface area contributed by atoms with E-state index in [0.29, 0.717) is 47.7 Å². The van der Waals surface area contributed by atoms with Crippen molar-refractivity contribution in [2.75, 3.05) is 14.2 Å². The van der Waals surface area contributed by atoms with E-state index in [4.69, 9.17) is 18.9 Å². The maximum Gasteiger partial charge on any atom is 0.160 e. The van der Waals surface area contributed by atoms with Crippen molar-refractivity contribution in [2.24, 2.45) is 35.5 Å². The Morgan fingerprint density at radius 1 is 0.481 bits per heavy atom. The summed E-state index contributed by atoms with van der Waals surface area (Å²) in [7, 11) is 3.44. The van der Waals surface area contributed by atoms with E-state index in [9.17, 15) is 0 Å². The van der Waals surface area contributed by atoms with Crippen LogP contribution < -0.4 is 0 Å². The Balaban J connectivity index is 0. The molecule has 0 radical (unpaired) electrons. The van der Waals surface area contributed by atoms with Crippen molar-refractivity contribution in [3.63, 3.8) is 0 Å². The molecule has 0 spiro atoms. The first-order chi connectivity index (χ1) is 12.1. The zero-order valence-electron chi connectivity index (χ0n) is 19.4. The normalized spacial score (nSPS) is 44.0. The Morgan fingerprint density at radius 2 is 0.741 bits per heavy atom. The van der Waals surface area contributed by atoms with Crippen molar-refractivity contribution >= 4 is 0 Å². The molecular formula is C23H50O4. The minimum atomic E-state index is -0.00815. The standard InChI is InChI=1S/2C10H20O2.C2H6.CH4/c2*1-6-7(2)9(4)12-10(11-5)8(6)3;1-2;/h2*6-10H,1-5H3;1-2H3;1H4/t2*6-,7-,8?,9?,10-;;/m11../s1. The summed E-state index contributed by atoms with van der Waals surface area (Å²) in [5.41, 5.74) is 0. The van der Waals surface area contributed by atoms with Crippen LogP contribution in [0.3, 0.4) is 0 Å². The van der Waals surface area contributed by atoms with Crippen molar-refractivity contribution in [1.82, 2.24) is 0 Å². The molecule has 2 fully saturated rings. The van der Waals surface area contributed by atoms with Crippen molar-refractivity contribution in [3.05, 3.63) is 0 Å². The average Bonchev–Trinajstić information content (AvgIpc) is 2.66. The molecule has 166 valence electrons. The summed E-state index contributed by atoms with van der Waals surface area (Å²) in [6, 6.07) is 0. The number of methoxy groups -OCH3 is 2. The van der Waals surface area contributed by atoms with E-state index >= 15 is 0 Å². The van der Waals surface area contributed by atoms with Crippen molar-refractivity contribution in [3.8, 4) is 0 Å². The third-order valence-electron chi connectivity index (χ3n) is 6.82. The van der Waals surface area contributed by atoms with Crippen LogP contribution in [0.4, 0.5) is 0 Å². The lowest BCUT2D eigenvalue weighted by atomic mass is 9.79. The Bertz CT molecular complexity index is 319. The second-order valence-corrected chi connectivity index (χ2v) is 8.05. The summed E-state index contributed by atoms with van der Waals surface area (Å²) in [5, 5.41) is 0. The van der Waals surface area contributed by atoms with Gasteiger partial charge in [0.25, 0.3) is 0 Å². The summed E-state index contributed by atoms with van der Waals surface area (Å²) >= 11 is 0. The fraction of sp³-hybridized carbons (Fsp3) is 1.00. The Kier molecular flexibility index (Phi) is 15.0. The lowest BCUT2D eigenvalue weighted by Gasteiger charge is -2.41. The summed E-state index contributed by atoms with van der Waals surface area (Å²) in [6.45, 7) is 21.7. The van der Waals surface area contributed by atoms with Gasteiger partial charge in [-0.1, -0.05) is 62.8 Å². The number of hydrogen-bond donors (Lipinski definition) is 0. The molecule has 0 aliphatic carbocycles. The predicted molar refractivity (Wildman–Crippen MR) is 116 cm³/mol. The van der Waals surface area contributed by atoms with E-state index in [1.165, 1.54) is 0 Å². The molecule has 0 aromatic carbocycles. The van der Waals surface area contributed by atoms with Gasteiger partial charge in [0.05, 0.1) is 12.2 Å². The average molecular weight is 391 g/mol. The molecule has 10 atom stereocenters. The van der Waals surface area contributed by atoms with Gasteiger partial charge in [-0.15, -0.1) is 0 Å².